The fraction of sp³-hybridized carbons (Fsp3) is 0.667. The molecule has 4 amide bonds. The van der Waals surface area contributed by atoms with Crippen molar-refractivity contribution in [1.82, 2.24) is 15.5 Å². The molecule has 3 unspecified atom stereocenters. The molecule has 1 rings (SSSR count). The number of rotatable bonds is 10. The molecule has 1 fully saturated rings. The Hall–Kier alpha value is -2.34. The molecule has 0 radical (unpaired) electrons. The molecule has 0 bridgehead atoms. The molecule has 0 saturated carbocycles. The molecule has 11 nitrogen and oxygen atoms in total. The van der Waals surface area contributed by atoms with E-state index < -0.39 is 54.3 Å². The monoisotopic (exact) mass is 403 g/mol. The molecule has 1 saturated heterocycles. The maximum atomic E-state index is 12.9. The summed E-state index contributed by atoms with van der Waals surface area (Å²) in [5.41, 5.74) is 10.7. The fourth-order valence-corrected chi connectivity index (χ4v) is 2.86. The van der Waals surface area contributed by atoms with Crippen molar-refractivity contribution in [2.24, 2.45) is 11.5 Å². The third-order valence-electron chi connectivity index (χ3n) is 4.08. The highest BCUT2D eigenvalue weighted by molar-refractivity contribution is 7.80. The number of nitrogens with two attached hydrogens (primary N) is 2. The van der Waals surface area contributed by atoms with Crippen LogP contribution in [0.1, 0.15) is 25.7 Å². The first-order valence-electron chi connectivity index (χ1n) is 8.42. The van der Waals surface area contributed by atoms with Crippen molar-refractivity contribution in [2.75, 3.05) is 18.8 Å². The van der Waals surface area contributed by atoms with Crippen molar-refractivity contribution >= 4 is 42.2 Å². The lowest BCUT2D eigenvalue weighted by Crippen LogP contribution is -2.56. The average molecular weight is 403 g/mol. The predicted molar refractivity (Wildman–Crippen MR) is 97.6 cm³/mol. The van der Waals surface area contributed by atoms with Crippen molar-refractivity contribution < 1.29 is 29.1 Å². The van der Waals surface area contributed by atoms with Crippen molar-refractivity contribution in [1.29, 1.82) is 0 Å². The van der Waals surface area contributed by atoms with Crippen molar-refractivity contribution in [3.8, 4) is 0 Å². The smallest absolute Gasteiger partial charge is 0.322 e. The summed E-state index contributed by atoms with van der Waals surface area (Å²) in [5.74, 6) is -3.53. The summed E-state index contributed by atoms with van der Waals surface area (Å²) in [5, 5.41) is 13.4. The Morgan fingerprint density at radius 1 is 1.26 bits per heavy atom. The van der Waals surface area contributed by atoms with Gasteiger partial charge in [-0.3, -0.25) is 24.0 Å². The van der Waals surface area contributed by atoms with Crippen LogP contribution in [-0.2, 0) is 24.0 Å². The summed E-state index contributed by atoms with van der Waals surface area (Å²) in [6.07, 6.45) is 0.725. The Morgan fingerprint density at radius 3 is 2.48 bits per heavy atom. The van der Waals surface area contributed by atoms with E-state index >= 15 is 0 Å². The molecule has 152 valence electrons. The van der Waals surface area contributed by atoms with Crippen LogP contribution in [0, 0.1) is 0 Å². The first-order chi connectivity index (χ1) is 12.7. The van der Waals surface area contributed by atoms with Crippen LogP contribution in [0.5, 0.6) is 0 Å². The first-order valence-corrected chi connectivity index (χ1v) is 9.05. The van der Waals surface area contributed by atoms with Gasteiger partial charge in [0.2, 0.25) is 23.6 Å². The van der Waals surface area contributed by atoms with Crippen LogP contribution in [0.2, 0.25) is 0 Å². The second-order valence-corrected chi connectivity index (χ2v) is 6.52. The molecule has 0 aromatic heterocycles. The summed E-state index contributed by atoms with van der Waals surface area (Å²) >= 11 is 3.93. The van der Waals surface area contributed by atoms with Crippen LogP contribution in [-0.4, -0.2) is 76.6 Å². The zero-order valence-electron chi connectivity index (χ0n) is 14.7. The summed E-state index contributed by atoms with van der Waals surface area (Å²) in [6.45, 7) is -0.290. The highest BCUT2D eigenvalue weighted by Gasteiger charge is 2.38. The highest BCUT2D eigenvalue weighted by Crippen LogP contribution is 2.19. The topological polar surface area (TPSA) is 185 Å². The predicted octanol–water partition coefficient (Wildman–Crippen LogP) is -2.81. The van der Waals surface area contributed by atoms with Crippen molar-refractivity contribution in [2.45, 2.75) is 43.8 Å². The number of carbonyl (C=O) groups excluding carboxylic acids is 4. The van der Waals surface area contributed by atoms with Gasteiger partial charge in [0.05, 0.1) is 6.04 Å². The number of likely N-dealkylation sites (tertiary alicyclic amines) is 1. The number of carboxylic acid groups (broad SMARTS) is 1. The van der Waals surface area contributed by atoms with E-state index in [1.807, 2.05) is 0 Å². The van der Waals surface area contributed by atoms with Crippen LogP contribution < -0.4 is 22.1 Å². The summed E-state index contributed by atoms with van der Waals surface area (Å²) < 4.78 is 0. The van der Waals surface area contributed by atoms with Gasteiger partial charge in [-0.2, -0.15) is 12.6 Å². The molecule has 7 N–H and O–H groups in total. The molecule has 27 heavy (non-hydrogen) atoms. The molecule has 0 aromatic rings. The minimum atomic E-state index is -1.20. The lowest BCUT2D eigenvalue weighted by atomic mass is 10.1. The van der Waals surface area contributed by atoms with E-state index in [-0.39, 0.29) is 25.1 Å². The van der Waals surface area contributed by atoms with E-state index in [1.54, 1.807) is 0 Å². The molecule has 3 atom stereocenters. The number of primary amides is 1. The number of hydrogen-bond acceptors (Lipinski definition) is 7. The van der Waals surface area contributed by atoms with Gasteiger partial charge in [0.15, 0.2) is 0 Å². The fourth-order valence-electron chi connectivity index (χ4n) is 2.69. The lowest BCUT2D eigenvalue weighted by Gasteiger charge is -2.29. The molecule has 1 heterocycles. The second kappa shape index (κ2) is 10.7. The third kappa shape index (κ3) is 7.06. The number of carboxylic acids is 1. The van der Waals surface area contributed by atoms with E-state index in [9.17, 15) is 24.0 Å². The van der Waals surface area contributed by atoms with Crippen LogP contribution >= 0.6 is 12.6 Å². The van der Waals surface area contributed by atoms with Gasteiger partial charge in [-0.1, -0.05) is 0 Å². The molecular formula is C15H25N5O6S. The van der Waals surface area contributed by atoms with Crippen LogP contribution in [0.15, 0.2) is 0 Å². The summed E-state index contributed by atoms with van der Waals surface area (Å²) in [4.78, 5) is 60.0. The van der Waals surface area contributed by atoms with E-state index in [0.717, 1.165) is 0 Å². The van der Waals surface area contributed by atoms with E-state index in [0.29, 0.717) is 12.8 Å². The van der Waals surface area contributed by atoms with E-state index in [2.05, 4.69) is 23.3 Å². The molecule has 1 aliphatic heterocycles. The second-order valence-electron chi connectivity index (χ2n) is 6.16. The first kappa shape index (κ1) is 22.7. The zero-order chi connectivity index (χ0) is 20.6. The highest BCUT2D eigenvalue weighted by atomic mass is 32.1. The Kier molecular flexibility index (Phi) is 9.02. The molecular weight excluding hydrogens is 378 g/mol. The summed E-state index contributed by atoms with van der Waals surface area (Å²) in [7, 11) is 0. The molecule has 0 aliphatic carbocycles. The maximum Gasteiger partial charge on any atom is 0.322 e. The normalized spacial score (nSPS) is 18.4. The minimum Gasteiger partial charge on any atom is -0.480 e. The minimum absolute atomic E-state index is 0.0425. The number of hydrogen-bond donors (Lipinski definition) is 6. The van der Waals surface area contributed by atoms with Crippen molar-refractivity contribution in [3.63, 3.8) is 0 Å². The molecule has 1 aliphatic rings. The Morgan fingerprint density at radius 2 is 1.93 bits per heavy atom. The Bertz CT molecular complexity index is 601. The molecule has 0 aromatic carbocycles. The van der Waals surface area contributed by atoms with Gasteiger partial charge in [-0.25, -0.2) is 0 Å². The standard InChI is InChI=1S/C15H25N5O6S/c16-8(7-27)13(24)19-9(3-4-11(17)21)15(26)20-5-1-2-10(20)14(25)18-6-12(22)23/h8-10,27H,1-7,16H2,(H2,17,21)(H,18,25)(H,19,24)(H,22,23). The van der Waals surface area contributed by atoms with Gasteiger partial charge in [-0.05, 0) is 19.3 Å². The largest absolute Gasteiger partial charge is 0.480 e. The zero-order valence-corrected chi connectivity index (χ0v) is 15.6. The number of amides is 4. The van der Waals surface area contributed by atoms with Gasteiger partial charge in [-0.15, -0.1) is 0 Å². The number of carbonyl (C=O) groups is 5. The molecule has 12 heteroatoms. The van der Waals surface area contributed by atoms with Crippen LogP contribution in [0.25, 0.3) is 0 Å². The number of aliphatic carboxylic acids is 1. The SMILES string of the molecule is NC(=O)CCC(NC(=O)C(N)CS)C(=O)N1CCCC1C(=O)NCC(=O)O. The summed E-state index contributed by atoms with van der Waals surface area (Å²) in [6, 6.07) is -2.86. The number of nitrogens with one attached hydrogen (secondary N) is 2. The van der Waals surface area contributed by atoms with E-state index in [4.69, 9.17) is 16.6 Å². The van der Waals surface area contributed by atoms with Crippen molar-refractivity contribution in [3.05, 3.63) is 0 Å². The van der Waals surface area contributed by atoms with Gasteiger partial charge < -0.3 is 32.1 Å². The third-order valence-corrected chi connectivity index (χ3v) is 4.47. The van der Waals surface area contributed by atoms with E-state index in [1.165, 1.54) is 4.90 Å². The van der Waals surface area contributed by atoms with Gasteiger partial charge >= 0.3 is 5.97 Å². The maximum absolute atomic E-state index is 12.9. The van der Waals surface area contributed by atoms with Gasteiger partial charge in [0, 0.05) is 18.7 Å². The average Bonchev–Trinajstić information content (AvgIpc) is 3.11. The van der Waals surface area contributed by atoms with Crippen LogP contribution in [0.4, 0.5) is 0 Å². The van der Waals surface area contributed by atoms with Gasteiger partial charge in [0.1, 0.15) is 18.6 Å². The van der Waals surface area contributed by atoms with Crippen LogP contribution in [0.3, 0.4) is 0 Å². The number of thiol groups is 1. The Balaban J connectivity index is 2.87. The molecule has 0 spiro atoms. The lowest BCUT2D eigenvalue weighted by molar-refractivity contribution is -0.143. The Labute approximate surface area is 161 Å². The van der Waals surface area contributed by atoms with Gasteiger partial charge in [0.25, 0.3) is 0 Å². The number of nitrogens with zero attached hydrogens (tertiary/aromatic N) is 1. The quantitative estimate of drug-likeness (QED) is 0.212.